The first-order valence-corrected chi connectivity index (χ1v) is 4.42. The first-order valence-electron chi connectivity index (χ1n) is 4.42. The highest BCUT2D eigenvalue weighted by Gasteiger charge is 2.14. The first kappa shape index (κ1) is 8.59. The standard InChI is InChI=1S/C9H12FN3/c10-9-5-7(1-2-13-9)8-6-11-3-4-12-8/h1-2,5,8,11-12H,3-4,6H2/t8-/m0/s1. The zero-order chi connectivity index (χ0) is 9.10. The minimum absolute atomic E-state index is 0.214. The summed E-state index contributed by atoms with van der Waals surface area (Å²) < 4.78 is 12.8. The van der Waals surface area contributed by atoms with Gasteiger partial charge in [-0.15, -0.1) is 0 Å². The lowest BCUT2D eigenvalue weighted by molar-refractivity contribution is 0.427. The first-order chi connectivity index (χ1) is 6.36. The molecule has 3 nitrogen and oxygen atoms in total. The van der Waals surface area contributed by atoms with Crippen molar-refractivity contribution in [3.05, 3.63) is 29.8 Å². The molecule has 0 aromatic carbocycles. The summed E-state index contributed by atoms with van der Waals surface area (Å²) in [6.45, 7) is 2.75. The molecule has 2 heterocycles. The molecule has 0 bridgehead atoms. The molecule has 2 rings (SSSR count). The van der Waals surface area contributed by atoms with E-state index in [1.807, 2.05) is 6.07 Å². The van der Waals surface area contributed by atoms with Gasteiger partial charge in [-0.3, -0.25) is 0 Å². The summed E-state index contributed by atoms with van der Waals surface area (Å²) in [4.78, 5) is 3.52. The highest BCUT2D eigenvalue weighted by molar-refractivity contribution is 5.16. The lowest BCUT2D eigenvalue weighted by atomic mass is 10.1. The molecule has 0 radical (unpaired) electrons. The Balaban J connectivity index is 2.14. The molecule has 1 aliphatic heterocycles. The van der Waals surface area contributed by atoms with E-state index in [0.717, 1.165) is 25.2 Å². The van der Waals surface area contributed by atoms with Crippen LogP contribution in [0.1, 0.15) is 11.6 Å². The molecular formula is C9H12FN3. The highest BCUT2D eigenvalue weighted by Crippen LogP contribution is 2.12. The van der Waals surface area contributed by atoms with E-state index in [4.69, 9.17) is 0 Å². The van der Waals surface area contributed by atoms with Gasteiger partial charge in [0.05, 0.1) is 0 Å². The van der Waals surface area contributed by atoms with Crippen LogP contribution in [-0.2, 0) is 0 Å². The third kappa shape index (κ3) is 2.02. The van der Waals surface area contributed by atoms with Gasteiger partial charge in [-0.05, 0) is 17.7 Å². The number of nitrogens with one attached hydrogen (secondary N) is 2. The second-order valence-corrected chi connectivity index (χ2v) is 3.12. The molecule has 1 saturated heterocycles. The van der Waals surface area contributed by atoms with Crippen LogP contribution < -0.4 is 10.6 Å². The number of hydrogen-bond donors (Lipinski definition) is 2. The Kier molecular flexibility index (Phi) is 2.52. The fourth-order valence-corrected chi connectivity index (χ4v) is 1.52. The van der Waals surface area contributed by atoms with E-state index in [1.165, 1.54) is 12.3 Å². The second kappa shape index (κ2) is 3.81. The predicted molar refractivity (Wildman–Crippen MR) is 47.8 cm³/mol. The average Bonchev–Trinajstić information content (AvgIpc) is 2.19. The van der Waals surface area contributed by atoms with Gasteiger partial charge in [0, 0.05) is 31.9 Å². The predicted octanol–water partition coefficient (Wildman–Crippen LogP) is 0.455. The molecular weight excluding hydrogens is 169 g/mol. The molecule has 0 amide bonds. The summed E-state index contributed by atoms with van der Waals surface area (Å²) in [6.07, 6.45) is 1.50. The van der Waals surface area contributed by atoms with Crippen molar-refractivity contribution in [3.8, 4) is 0 Å². The summed E-state index contributed by atoms with van der Waals surface area (Å²) in [6, 6.07) is 3.53. The number of halogens is 1. The Labute approximate surface area is 76.4 Å². The maximum absolute atomic E-state index is 12.8. The molecule has 70 valence electrons. The SMILES string of the molecule is Fc1cc([C@@H]2CNCCN2)ccn1. The van der Waals surface area contributed by atoms with E-state index in [2.05, 4.69) is 15.6 Å². The molecule has 2 N–H and O–H groups in total. The highest BCUT2D eigenvalue weighted by atomic mass is 19.1. The summed E-state index contributed by atoms with van der Waals surface area (Å²) in [5.74, 6) is -0.412. The minimum atomic E-state index is -0.412. The Bertz CT molecular complexity index is 284. The number of piperazine rings is 1. The van der Waals surface area contributed by atoms with Crippen LogP contribution in [0.15, 0.2) is 18.3 Å². The van der Waals surface area contributed by atoms with Gasteiger partial charge < -0.3 is 10.6 Å². The van der Waals surface area contributed by atoms with E-state index in [-0.39, 0.29) is 6.04 Å². The smallest absolute Gasteiger partial charge is 0.213 e. The summed E-state index contributed by atoms with van der Waals surface area (Å²) in [5.41, 5.74) is 0.958. The minimum Gasteiger partial charge on any atom is -0.314 e. The van der Waals surface area contributed by atoms with Crippen molar-refractivity contribution in [2.75, 3.05) is 19.6 Å². The van der Waals surface area contributed by atoms with Gasteiger partial charge >= 0.3 is 0 Å². The maximum Gasteiger partial charge on any atom is 0.213 e. The van der Waals surface area contributed by atoms with Gasteiger partial charge in [0.1, 0.15) is 0 Å². The summed E-state index contributed by atoms with van der Waals surface area (Å²) >= 11 is 0. The third-order valence-corrected chi connectivity index (χ3v) is 2.19. The van der Waals surface area contributed by atoms with E-state index >= 15 is 0 Å². The Morgan fingerprint density at radius 3 is 3.08 bits per heavy atom. The number of nitrogens with zero attached hydrogens (tertiary/aromatic N) is 1. The van der Waals surface area contributed by atoms with E-state index < -0.39 is 5.95 Å². The van der Waals surface area contributed by atoms with Crippen LogP contribution in [-0.4, -0.2) is 24.6 Å². The second-order valence-electron chi connectivity index (χ2n) is 3.12. The zero-order valence-corrected chi connectivity index (χ0v) is 7.26. The Morgan fingerprint density at radius 2 is 2.38 bits per heavy atom. The van der Waals surface area contributed by atoms with Gasteiger partial charge in [0.2, 0.25) is 5.95 Å². The van der Waals surface area contributed by atoms with Gasteiger partial charge in [0.25, 0.3) is 0 Å². The Hall–Kier alpha value is -1.00. The zero-order valence-electron chi connectivity index (χ0n) is 7.26. The number of aromatic nitrogens is 1. The molecule has 1 aromatic heterocycles. The Morgan fingerprint density at radius 1 is 1.46 bits per heavy atom. The number of pyridine rings is 1. The molecule has 13 heavy (non-hydrogen) atoms. The summed E-state index contributed by atoms with van der Waals surface area (Å²) in [7, 11) is 0. The largest absolute Gasteiger partial charge is 0.314 e. The van der Waals surface area contributed by atoms with E-state index in [0.29, 0.717) is 0 Å². The molecule has 0 saturated carbocycles. The normalized spacial score (nSPS) is 23.0. The maximum atomic E-state index is 12.8. The van der Waals surface area contributed by atoms with Crippen molar-refractivity contribution in [3.63, 3.8) is 0 Å². The molecule has 1 aromatic rings. The van der Waals surface area contributed by atoms with Crippen molar-refractivity contribution in [2.45, 2.75) is 6.04 Å². The molecule has 1 fully saturated rings. The fourth-order valence-electron chi connectivity index (χ4n) is 1.52. The number of rotatable bonds is 1. The third-order valence-electron chi connectivity index (χ3n) is 2.19. The molecule has 1 atom stereocenters. The van der Waals surface area contributed by atoms with Crippen LogP contribution in [0.25, 0.3) is 0 Å². The van der Waals surface area contributed by atoms with Crippen LogP contribution >= 0.6 is 0 Å². The molecule has 1 aliphatic rings. The quantitative estimate of drug-likeness (QED) is 0.618. The monoisotopic (exact) mass is 181 g/mol. The summed E-state index contributed by atoms with van der Waals surface area (Å²) in [5, 5.41) is 6.55. The van der Waals surface area contributed by atoms with Crippen molar-refractivity contribution >= 4 is 0 Å². The number of hydrogen-bond acceptors (Lipinski definition) is 3. The lowest BCUT2D eigenvalue weighted by Gasteiger charge is -2.24. The molecule has 0 unspecified atom stereocenters. The van der Waals surface area contributed by atoms with Crippen molar-refractivity contribution in [2.24, 2.45) is 0 Å². The lowest BCUT2D eigenvalue weighted by Crippen LogP contribution is -2.42. The van der Waals surface area contributed by atoms with E-state index in [1.54, 1.807) is 0 Å². The van der Waals surface area contributed by atoms with E-state index in [9.17, 15) is 4.39 Å². The van der Waals surface area contributed by atoms with Crippen molar-refractivity contribution < 1.29 is 4.39 Å². The van der Waals surface area contributed by atoms with Gasteiger partial charge in [0.15, 0.2) is 0 Å². The van der Waals surface area contributed by atoms with Crippen molar-refractivity contribution in [1.29, 1.82) is 0 Å². The van der Waals surface area contributed by atoms with Crippen LogP contribution in [0, 0.1) is 5.95 Å². The van der Waals surface area contributed by atoms with Gasteiger partial charge in [-0.2, -0.15) is 4.39 Å². The average molecular weight is 181 g/mol. The topological polar surface area (TPSA) is 37.0 Å². The molecule has 0 spiro atoms. The van der Waals surface area contributed by atoms with Gasteiger partial charge in [-0.25, -0.2) is 4.98 Å². The molecule has 0 aliphatic carbocycles. The fraction of sp³-hybridized carbons (Fsp3) is 0.444. The van der Waals surface area contributed by atoms with Crippen LogP contribution in [0.3, 0.4) is 0 Å². The van der Waals surface area contributed by atoms with Crippen LogP contribution in [0.2, 0.25) is 0 Å². The van der Waals surface area contributed by atoms with Crippen molar-refractivity contribution in [1.82, 2.24) is 15.6 Å². The molecule has 4 heteroatoms. The van der Waals surface area contributed by atoms with Crippen LogP contribution in [0.5, 0.6) is 0 Å². The van der Waals surface area contributed by atoms with Gasteiger partial charge in [-0.1, -0.05) is 0 Å². The van der Waals surface area contributed by atoms with Crippen LogP contribution in [0.4, 0.5) is 4.39 Å².